The molecule has 2 heterocycles. The largest absolute Gasteiger partial charge is 0.337 e. The van der Waals surface area contributed by atoms with E-state index >= 15 is 0 Å². The van der Waals surface area contributed by atoms with Gasteiger partial charge in [-0.2, -0.15) is 4.98 Å². The summed E-state index contributed by atoms with van der Waals surface area (Å²) < 4.78 is 32.6. The number of aromatic nitrogens is 3. The Labute approximate surface area is 133 Å². The molecule has 7 nitrogen and oxygen atoms in total. The average Bonchev–Trinajstić information content (AvgIpc) is 2.94. The van der Waals surface area contributed by atoms with E-state index in [0.717, 1.165) is 5.39 Å². The second-order valence-electron chi connectivity index (χ2n) is 6.11. The van der Waals surface area contributed by atoms with E-state index in [4.69, 9.17) is 4.52 Å². The maximum absolute atomic E-state index is 12.6. The minimum Gasteiger partial charge on any atom is -0.337 e. The molecule has 2 aromatic heterocycles. The van der Waals surface area contributed by atoms with Crippen molar-refractivity contribution in [1.29, 1.82) is 0 Å². The van der Waals surface area contributed by atoms with E-state index in [1.165, 1.54) is 6.07 Å². The van der Waals surface area contributed by atoms with Crippen LogP contribution in [-0.4, -0.2) is 23.5 Å². The minimum absolute atomic E-state index is 0.0673. The number of pyridine rings is 1. The Hall–Kier alpha value is -2.48. The summed E-state index contributed by atoms with van der Waals surface area (Å²) >= 11 is 0. The molecular formula is C15H16N4O3S. The van der Waals surface area contributed by atoms with Crippen LogP contribution in [-0.2, 0) is 15.4 Å². The summed E-state index contributed by atoms with van der Waals surface area (Å²) in [5.74, 6) is 0.258. The number of fused-ring (bicyclic) bond motifs is 1. The second kappa shape index (κ2) is 5.31. The smallest absolute Gasteiger partial charge is 0.277 e. The van der Waals surface area contributed by atoms with Crippen molar-refractivity contribution in [3.63, 3.8) is 0 Å². The molecule has 1 N–H and O–H groups in total. The standard InChI is InChI=1S/C15H16N4O3S/c1-15(2,3)13-17-14(18-22-13)19-23(20,21)11-8-4-6-10-7-5-9-16-12(10)11/h4-9H,1-3H3,(H,18,19). The third kappa shape index (κ3) is 3.02. The van der Waals surface area contributed by atoms with Crippen LogP contribution >= 0.6 is 0 Å². The van der Waals surface area contributed by atoms with Gasteiger partial charge in [-0.3, -0.25) is 4.98 Å². The molecule has 0 atom stereocenters. The highest BCUT2D eigenvalue weighted by Gasteiger charge is 2.25. The molecule has 3 aromatic rings. The maximum Gasteiger partial charge on any atom is 0.277 e. The van der Waals surface area contributed by atoms with Crippen LogP contribution in [0.15, 0.2) is 45.9 Å². The first-order valence-electron chi connectivity index (χ1n) is 6.98. The van der Waals surface area contributed by atoms with Gasteiger partial charge in [0.25, 0.3) is 16.0 Å². The van der Waals surface area contributed by atoms with Gasteiger partial charge in [0.15, 0.2) is 0 Å². The van der Waals surface area contributed by atoms with Crippen molar-refractivity contribution in [3.05, 3.63) is 42.4 Å². The van der Waals surface area contributed by atoms with Gasteiger partial charge in [0.1, 0.15) is 4.90 Å². The van der Waals surface area contributed by atoms with Crippen molar-refractivity contribution in [3.8, 4) is 0 Å². The highest BCUT2D eigenvalue weighted by Crippen LogP contribution is 2.24. The molecule has 1 aromatic carbocycles. The fraction of sp³-hybridized carbons (Fsp3) is 0.267. The summed E-state index contributed by atoms with van der Waals surface area (Å²) in [5.41, 5.74) is 0.0274. The lowest BCUT2D eigenvalue weighted by Crippen LogP contribution is -2.15. The number of para-hydroxylation sites is 1. The highest BCUT2D eigenvalue weighted by molar-refractivity contribution is 7.93. The van der Waals surface area contributed by atoms with Gasteiger partial charge in [0, 0.05) is 17.0 Å². The molecule has 3 rings (SSSR count). The first kappa shape index (κ1) is 15.4. The van der Waals surface area contributed by atoms with E-state index in [2.05, 4.69) is 19.8 Å². The summed E-state index contributed by atoms with van der Waals surface area (Å²) in [6, 6.07) is 8.50. The van der Waals surface area contributed by atoms with E-state index in [1.54, 1.807) is 30.5 Å². The van der Waals surface area contributed by atoms with Gasteiger partial charge < -0.3 is 4.52 Å². The number of sulfonamides is 1. The van der Waals surface area contributed by atoms with Crippen LogP contribution in [0.1, 0.15) is 26.7 Å². The minimum atomic E-state index is -3.87. The monoisotopic (exact) mass is 332 g/mol. The number of benzene rings is 1. The Morgan fingerprint density at radius 2 is 1.87 bits per heavy atom. The molecule has 0 aliphatic heterocycles. The molecule has 0 unspecified atom stereocenters. The second-order valence-corrected chi connectivity index (χ2v) is 7.76. The van der Waals surface area contributed by atoms with Crippen molar-refractivity contribution >= 4 is 26.9 Å². The lowest BCUT2D eigenvalue weighted by atomic mass is 9.97. The molecule has 0 aliphatic carbocycles. The summed E-state index contributed by atoms with van der Waals surface area (Å²) in [6.45, 7) is 5.69. The molecule has 0 aliphatic rings. The van der Waals surface area contributed by atoms with Crippen LogP contribution in [0.25, 0.3) is 10.9 Å². The van der Waals surface area contributed by atoms with Crippen LogP contribution in [0.3, 0.4) is 0 Å². The summed E-state index contributed by atoms with van der Waals surface area (Å²) in [6.07, 6.45) is 1.55. The molecule has 23 heavy (non-hydrogen) atoms. The first-order chi connectivity index (χ1) is 10.8. The summed E-state index contributed by atoms with van der Waals surface area (Å²) in [4.78, 5) is 8.30. The zero-order chi connectivity index (χ0) is 16.7. The van der Waals surface area contributed by atoms with Gasteiger partial charge >= 0.3 is 0 Å². The van der Waals surface area contributed by atoms with Crippen LogP contribution in [0.2, 0.25) is 0 Å². The van der Waals surface area contributed by atoms with Crippen LogP contribution in [0.4, 0.5) is 5.95 Å². The number of nitrogens with zero attached hydrogens (tertiary/aromatic N) is 3. The van der Waals surface area contributed by atoms with Gasteiger partial charge in [-0.1, -0.05) is 39.0 Å². The van der Waals surface area contributed by atoms with E-state index in [-0.39, 0.29) is 16.3 Å². The van der Waals surface area contributed by atoms with Crippen molar-refractivity contribution in [2.24, 2.45) is 0 Å². The average molecular weight is 332 g/mol. The summed E-state index contributed by atoms with van der Waals surface area (Å²) in [7, 11) is -3.87. The molecule has 0 fully saturated rings. The zero-order valence-electron chi connectivity index (χ0n) is 12.9. The van der Waals surface area contributed by atoms with E-state index < -0.39 is 10.0 Å². The highest BCUT2D eigenvalue weighted by atomic mass is 32.2. The molecule has 120 valence electrons. The predicted molar refractivity (Wildman–Crippen MR) is 85.5 cm³/mol. The SMILES string of the molecule is CC(C)(C)c1nc(NS(=O)(=O)c2cccc3cccnc23)no1. The van der Waals surface area contributed by atoms with Gasteiger partial charge in [-0.15, -0.1) is 0 Å². The molecule has 0 radical (unpaired) electrons. The van der Waals surface area contributed by atoms with Crippen LogP contribution in [0, 0.1) is 0 Å². The molecule has 0 bridgehead atoms. The Balaban J connectivity index is 2.00. The molecule has 8 heteroatoms. The van der Waals surface area contributed by atoms with Gasteiger partial charge in [-0.25, -0.2) is 13.1 Å². The predicted octanol–water partition coefficient (Wildman–Crippen LogP) is 2.72. The number of anilines is 1. The molecule has 0 spiro atoms. The topological polar surface area (TPSA) is 98.0 Å². The Morgan fingerprint density at radius 3 is 2.57 bits per heavy atom. The van der Waals surface area contributed by atoms with E-state index in [0.29, 0.717) is 11.4 Å². The zero-order valence-corrected chi connectivity index (χ0v) is 13.8. The normalized spacial score (nSPS) is 12.5. The lowest BCUT2D eigenvalue weighted by Gasteiger charge is -2.10. The van der Waals surface area contributed by atoms with Crippen molar-refractivity contribution in [2.75, 3.05) is 4.72 Å². The Bertz CT molecular complexity index is 953. The number of rotatable bonds is 3. The molecule has 0 saturated carbocycles. The summed E-state index contributed by atoms with van der Waals surface area (Å²) in [5, 5.41) is 4.41. The van der Waals surface area contributed by atoms with Gasteiger partial charge in [0.2, 0.25) is 5.89 Å². The number of hydrogen-bond donors (Lipinski definition) is 1. The molecule has 0 amide bonds. The fourth-order valence-corrected chi connectivity index (χ4v) is 3.15. The van der Waals surface area contributed by atoms with E-state index in [9.17, 15) is 8.42 Å². The van der Waals surface area contributed by atoms with Crippen molar-refractivity contribution in [2.45, 2.75) is 31.1 Å². The Kier molecular flexibility index (Phi) is 3.56. The van der Waals surface area contributed by atoms with E-state index in [1.807, 2.05) is 20.8 Å². The van der Waals surface area contributed by atoms with Gasteiger partial charge in [-0.05, 0) is 17.3 Å². The van der Waals surface area contributed by atoms with Gasteiger partial charge in [0.05, 0.1) is 5.52 Å². The number of hydrogen-bond acceptors (Lipinski definition) is 6. The third-order valence-corrected chi connectivity index (χ3v) is 4.54. The first-order valence-corrected chi connectivity index (χ1v) is 8.46. The lowest BCUT2D eigenvalue weighted by molar-refractivity contribution is 0.321. The molecular weight excluding hydrogens is 316 g/mol. The quantitative estimate of drug-likeness (QED) is 0.792. The Morgan fingerprint density at radius 1 is 1.13 bits per heavy atom. The van der Waals surface area contributed by atoms with Crippen LogP contribution in [0.5, 0.6) is 0 Å². The maximum atomic E-state index is 12.6. The third-order valence-electron chi connectivity index (χ3n) is 3.18. The van der Waals surface area contributed by atoms with Crippen LogP contribution < -0.4 is 4.72 Å². The van der Waals surface area contributed by atoms with Crippen molar-refractivity contribution < 1.29 is 12.9 Å². The molecule has 0 saturated heterocycles. The number of nitrogens with one attached hydrogen (secondary N) is 1. The van der Waals surface area contributed by atoms with Crippen molar-refractivity contribution in [1.82, 2.24) is 15.1 Å². The fourth-order valence-electron chi connectivity index (χ4n) is 2.04.